The largest absolute Gasteiger partial charge is 0.482 e. The Morgan fingerprint density at radius 3 is 2.30 bits per heavy atom. The highest BCUT2D eigenvalue weighted by Gasteiger charge is 2.29. The molecule has 2 aromatic rings. The van der Waals surface area contributed by atoms with Crippen LogP contribution in [0.2, 0.25) is 0 Å². The van der Waals surface area contributed by atoms with Gasteiger partial charge in [-0.1, -0.05) is 29.3 Å². The van der Waals surface area contributed by atoms with E-state index < -0.39 is 14.9 Å². The van der Waals surface area contributed by atoms with Crippen LogP contribution in [-0.4, -0.2) is 30.7 Å². The molecule has 0 N–H and O–H groups in total. The van der Waals surface area contributed by atoms with E-state index in [1.807, 2.05) is 32.0 Å². The number of ether oxygens (including phenoxy) is 1. The van der Waals surface area contributed by atoms with Crippen molar-refractivity contribution in [1.82, 2.24) is 4.31 Å². The standard InChI is InChI=1S/C19H22N2O5S/c1-14-9-15(2)11-16(10-14)13-26-19-6-5-17(12-18(19)21(22)23)27(24,25)20-7-3-4-8-20/h5-6,9-12H,3-4,7-8,13H2,1-2H3. The lowest BCUT2D eigenvalue weighted by molar-refractivity contribution is -0.386. The Hall–Kier alpha value is -2.45. The fraction of sp³-hybridized carbons (Fsp3) is 0.368. The van der Waals surface area contributed by atoms with Crippen LogP contribution in [0.1, 0.15) is 29.5 Å². The van der Waals surface area contributed by atoms with E-state index in [4.69, 9.17) is 4.74 Å². The van der Waals surface area contributed by atoms with Gasteiger partial charge in [-0.05, 0) is 44.4 Å². The third-order valence-electron chi connectivity index (χ3n) is 4.51. The van der Waals surface area contributed by atoms with Gasteiger partial charge in [-0.3, -0.25) is 10.1 Å². The Labute approximate surface area is 158 Å². The molecule has 0 atom stereocenters. The van der Waals surface area contributed by atoms with Gasteiger partial charge in [0.25, 0.3) is 0 Å². The molecule has 1 saturated heterocycles. The summed E-state index contributed by atoms with van der Waals surface area (Å²) in [7, 11) is -3.72. The van der Waals surface area contributed by atoms with Crippen molar-refractivity contribution < 1.29 is 18.1 Å². The first kappa shape index (κ1) is 19.3. The molecule has 0 bridgehead atoms. The van der Waals surface area contributed by atoms with Gasteiger partial charge in [-0.15, -0.1) is 0 Å². The zero-order valence-corrected chi connectivity index (χ0v) is 16.2. The van der Waals surface area contributed by atoms with Gasteiger partial charge in [-0.25, -0.2) is 8.42 Å². The minimum atomic E-state index is -3.72. The van der Waals surface area contributed by atoms with E-state index in [-0.39, 0.29) is 22.9 Å². The molecular weight excluding hydrogens is 368 g/mol. The molecule has 27 heavy (non-hydrogen) atoms. The van der Waals surface area contributed by atoms with Crippen molar-refractivity contribution in [2.24, 2.45) is 0 Å². The van der Waals surface area contributed by atoms with Crippen LogP contribution in [0.5, 0.6) is 5.75 Å². The van der Waals surface area contributed by atoms with Crippen molar-refractivity contribution in [1.29, 1.82) is 0 Å². The Bertz CT molecular complexity index is 946. The van der Waals surface area contributed by atoms with Crippen LogP contribution < -0.4 is 4.74 Å². The molecule has 1 aliphatic heterocycles. The molecule has 144 valence electrons. The number of nitrogens with zero attached hydrogens (tertiary/aromatic N) is 2. The summed E-state index contributed by atoms with van der Waals surface area (Å²) in [6.07, 6.45) is 1.61. The second kappa shape index (κ2) is 7.66. The molecule has 0 aromatic heterocycles. The first-order chi connectivity index (χ1) is 12.8. The van der Waals surface area contributed by atoms with Crippen molar-refractivity contribution in [2.75, 3.05) is 13.1 Å². The predicted octanol–water partition coefficient (Wildman–Crippen LogP) is 3.58. The quantitative estimate of drug-likeness (QED) is 0.555. The van der Waals surface area contributed by atoms with Gasteiger partial charge < -0.3 is 4.74 Å². The summed E-state index contributed by atoms with van der Waals surface area (Å²) in [4.78, 5) is 10.8. The zero-order chi connectivity index (χ0) is 19.6. The highest BCUT2D eigenvalue weighted by molar-refractivity contribution is 7.89. The van der Waals surface area contributed by atoms with Gasteiger partial charge in [0.05, 0.1) is 9.82 Å². The summed E-state index contributed by atoms with van der Waals surface area (Å²) in [5, 5.41) is 11.5. The maximum atomic E-state index is 12.6. The van der Waals surface area contributed by atoms with E-state index >= 15 is 0 Å². The molecule has 1 fully saturated rings. The van der Waals surface area contributed by atoms with E-state index in [0.717, 1.165) is 35.6 Å². The topological polar surface area (TPSA) is 89.8 Å². The lowest BCUT2D eigenvalue weighted by atomic mass is 10.1. The average molecular weight is 390 g/mol. The van der Waals surface area contributed by atoms with E-state index in [0.29, 0.717) is 13.1 Å². The molecular formula is C19H22N2O5S. The number of hydrogen-bond donors (Lipinski definition) is 0. The van der Waals surface area contributed by atoms with E-state index in [1.165, 1.54) is 16.4 Å². The van der Waals surface area contributed by atoms with Crippen molar-refractivity contribution in [3.63, 3.8) is 0 Å². The normalized spacial score (nSPS) is 15.0. The highest BCUT2D eigenvalue weighted by Crippen LogP contribution is 2.32. The number of nitro benzene ring substituents is 1. The minimum Gasteiger partial charge on any atom is -0.482 e. The third-order valence-corrected chi connectivity index (χ3v) is 6.40. The molecule has 1 aliphatic rings. The van der Waals surface area contributed by atoms with Crippen LogP contribution in [0.25, 0.3) is 0 Å². The summed E-state index contributed by atoms with van der Waals surface area (Å²) < 4.78 is 32.3. The van der Waals surface area contributed by atoms with Gasteiger partial charge in [-0.2, -0.15) is 4.31 Å². The van der Waals surface area contributed by atoms with Crippen molar-refractivity contribution in [3.05, 3.63) is 63.2 Å². The number of sulfonamides is 1. The number of aryl methyl sites for hydroxylation is 2. The molecule has 0 aliphatic carbocycles. The lowest BCUT2D eigenvalue weighted by Gasteiger charge is -2.16. The number of nitro groups is 1. The van der Waals surface area contributed by atoms with Gasteiger partial charge >= 0.3 is 5.69 Å². The van der Waals surface area contributed by atoms with Crippen LogP contribution in [0.3, 0.4) is 0 Å². The fourth-order valence-corrected chi connectivity index (χ4v) is 4.85. The van der Waals surface area contributed by atoms with Crippen LogP contribution in [-0.2, 0) is 16.6 Å². The summed E-state index contributed by atoms with van der Waals surface area (Å²) in [6, 6.07) is 9.76. The predicted molar refractivity (Wildman–Crippen MR) is 101 cm³/mol. The Balaban J connectivity index is 1.87. The molecule has 7 nitrogen and oxygen atoms in total. The fourth-order valence-electron chi connectivity index (χ4n) is 3.31. The number of benzene rings is 2. The average Bonchev–Trinajstić information content (AvgIpc) is 3.14. The first-order valence-corrected chi connectivity index (χ1v) is 10.2. The molecule has 0 saturated carbocycles. The minimum absolute atomic E-state index is 0.0551. The Morgan fingerprint density at radius 1 is 1.07 bits per heavy atom. The number of rotatable bonds is 6. The van der Waals surface area contributed by atoms with E-state index in [2.05, 4.69) is 0 Å². The SMILES string of the molecule is Cc1cc(C)cc(COc2ccc(S(=O)(=O)N3CCCC3)cc2[N+](=O)[O-])c1. The maximum Gasteiger partial charge on any atom is 0.312 e. The molecule has 8 heteroatoms. The summed E-state index contributed by atoms with van der Waals surface area (Å²) in [6.45, 7) is 5.00. The Morgan fingerprint density at radius 2 is 1.70 bits per heavy atom. The van der Waals surface area contributed by atoms with Crippen molar-refractivity contribution >= 4 is 15.7 Å². The molecule has 0 unspecified atom stereocenters. The van der Waals surface area contributed by atoms with Crippen LogP contribution in [0, 0.1) is 24.0 Å². The lowest BCUT2D eigenvalue weighted by Crippen LogP contribution is -2.27. The molecule has 2 aromatic carbocycles. The second-order valence-corrected chi connectivity index (χ2v) is 8.72. The number of hydrogen-bond acceptors (Lipinski definition) is 5. The van der Waals surface area contributed by atoms with Gasteiger partial charge in [0, 0.05) is 19.2 Å². The van der Waals surface area contributed by atoms with Crippen molar-refractivity contribution in [3.8, 4) is 5.75 Å². The molecule has 0 spiro atoms. The Kier molecular flexibility index (Phi) is 5.48. The van der Waals surface area contributed by atoms with Crippen LogP contribution in [0.15, 0.2) is 41.3 Å². The van der Waals surface area contributed by atoms with Crippen LogP contribution in [0.4, 0.5) is 5.69 Å². The van der Waals surface area contributed by atoms with Crippen LogP contribution >= 0.6 is 0 Å². The maximum absolute atomic E-state index is 12.6. The second-order valence-electron chi connectivity index (χ2n) is 6.78. The molecule has 0 amide bonds. The summed E-state index contributed by atoms with van der Waals surface area (Å²) in [5.41, 5.74) is 2.71. The molecule has 3 rings (SSSR count). The molecule has 0 radical (unpaired) electrons. The first-order valence-electron chi connectivity index (χ1n) is 8.76. The van der Waals surface area contributed by atoms with Gasteiger partial charge in [0.15, 0.2) is 5.75 Å². The molecule has 1 heterocycles. The third kappa shape index (κ3) is 4.28. The van der Waals surface area contributed by atoms with E-state index in [1.54, 1.807) is 0 Å². The summed E-state index contributed by atoms with van der Waals surface area (Å²) in [5.74, 6) is 0.0551. The summed E-state index contributed by atoms with van der Waals surface area (Å²) >= 11 is 0. The smallest absolute Gasteiger partial charge is 0.312 e. The monoisotopic (exact) mass is 390 g/mol. The zero-order valence-electron chi connectivity index (χ0n) is 15.3. The van der Waals surface area contributed by atoms with Gasteiger partial charge in [0.1, 0.15) is 6.61 Å². The highest BCUT2D eigenvalue weighted by atomic mass is 32.2. The van der Waals surface area contributed by atoms with Gasteiger partial charge in [0.2, 0.25) is 10.0 Å². The van der Waals surface area contributed by atoms with E-state index in [9.17, 15) is 18.5 Å². The van der Waals surface area contributed by atoms with Crippen molar-refractivity contribution in [2.45, 2.75) is 38.2 Å².